The lowest BCUT2D eigenvalue weighted by Crippen LogP contribution is -2.24. The van der Waals surface area contributed by atoms with Crippen molar-refractivity contribution in [2.75, 3.05) is 14.2 Å². The molecule has 0 saturated carbocycles. The fourth-order valence-corrected chi connectivity index (χ4v) is 2.73. The zero-order chi connectivity index (χ0) is 21.8. The van der Waals surface area contributed by atoms with Gasteiger partial charge in [-0.3, -0.25) is 9.59 Å². The maximum Gasteiger partial charge on any atom is 0.340 e. The highest BCUT2D eigenvalue weighted by Gasteiger charge is 2.19. The summed E-state index contributed by atoms with van der Waals surface area (Å²) >= 11 is 0. The molecule has 0 spiro atoms. The fourth-order valence-electron chi connectivity index (χ4n) is 2.73. The highest BCUT2D eigenvalue weighted by Crippen LogP contribution is 2.33. The fraction of sp³-hybridized carbons (Fsp3) is 0.227. The number of fused-ring (bicyclic) bond motifs is 1. The summed E-state index contributed by atoms with van der Waals surface area (Å²) in [6.07, 6.45) is 0.552. The van der Waals surface area contributed by atoms with Gasteiger partial charge in [-0.25, -0.2) is 4.79 Å². The number of benzene rings is 2. The van der Waals surface area contributed by atoms with Crippen LogP contribution in [0.4, 0.5) is 0 Å². The first kappa shape index (κ1) is 21.1. The average Bonchev–Trinajstić information content (AvgIpc) is 2.73. The van der Waals surface area contributed by atoms with E-state index in [0.717, 1.165) is 0 Å². The predicted molar refractivity (Wildman–Crippen MR) is 108 cm³/mol. The molecule has 156 valence electrons. The molecular formula is C22H20O8. The van der Waals surface area contributed by atoms with Crippen LogP contribution in [0.3, 0.4) is 0 Å². The predicted octanol–water partition coefficient (Wildman–Crippen LogP) is 3.33. The van der Waals surface area contributed by atoms with Gasteiger partial charge < -0.3 is 23.4 Å². The van der Waals surface area contributed by atoms with Crippen molar-refractivity contribution in [1.29, 1.82) is 0 Å². The first-order valence-corrected chi connectivity index (χ1v) is 9.01. The standard InChI is InChI=1S/C22H20O8/c1-12(26-3)22(25)30-20-10-18-16(9-19(20)27-4)21(24)17(11-28-18)14-5-7-15(8-6-14)29-13(2)23/h5-12H,1-4H3/t12-/m1/s1. The molecule has 3 rings (SSSR count). The molecule has 0 aliphatic rings. The average molecular weight is 412 g/mol. The van der Waals surface area contributed by atoms with E-state index in [1.165, 1.54) is 39.5 Å². The van der Waals surface area contributed by atoms with Crippen molar-refractivity contribution < 1.29 is 33.0 Å². The first-order valence-electron chi connectivity index (χ1n) is 9.01. The monoisotopic (exact) mass is 412 g/mol. The van der Waals surface area contributed by atoms with E-state index in [-0.39, 0.29) is 27.9 Å². The van der Waals surface area contributed by atoms with Crippen LogP contribution in [0.5, 0.6) is 17.2 Å². The van der Waals surface area contributed by atoms with Crippen molar-refractivity contribution in [2.24, 2.45) is 0 Å². The van der Waals surface area contributed by atoms with E-state index in [9.17, 15) is 14.4 Å². The molecule has 0 bridgehead atoms. The van der Waals surface area contributed by atoms with Crippen LogP contribution in [-0.2, 0) is 14.3 Å². The molecule has 0 saturated heterocycles. The molecule has 8 nitrogen and oxygen atoms in total. The largest absolute Gasteiger partial charge is 0.493 e. The lowest BCUT2D eigenvalue weighted by molar-refractivity contribution is -0.144. The minimum atomic E-state index is -0.769. The third kappa shape index (κ3) is 4.33. The Morgan fingerprint density at radius 1 is 1.00 bits per heavy atom. The molecule has 1 aromatic heterocycles. The van der Waals surface area contributed by atoms with Gasteiger partial charge in [0.05, 0.1) is 18.1 Å². The van der Waals surface area contributed by atoms with Gasteiger partial charge in [-0.2, -0.15) is 0 Å². The molecule has 0 unspecified atom stereocenters. The summed E-state index contributed by atoms with van der Waals surface area (Å²) in [6.45, 7) is 2.86. The van der Waals surface area contributed by atoms with Crippen LogP contribution in [0, 0.1) is 0 Å². The molecule has 1 heterocycles. The molecule has 0 fully saturated rings. The molecule has 0 aliphatic carbocycles. The summed E-state index contributed by atoms with van der Waals surface area (Å²) in [7, 11) is 2.79. The molecule has 3 aromatic rings. The van der Waals surface area contributed by atoms with Gasteiger partial charge >= 0.3 is 11.9 Å². The molecule has 0 aliphatic heterocycles. The lowest BCUT2D eigenvalue weighted by atomic mass is 10.1. The second kappa shape index (κ2) is 8.79. The van der Waals surface area contributed by atoms with Crippen LogP contribution in [0.15, 0.2) is 51.9 Å². The summed E-state index contributed by atoms with van der Waals surface area (Å²) < 4.78 is 26.1. The third-order valence-corrected chi connectivity index (χ3v) is 4.38. The molecule has 30 heavy (non-hydrogen) atoms. The number of hydrogen-bond donors (Lipinski definition) is 0. The Kier molecular flexibility index (Phi) is 6.17. The van der Waals surface area contributed by atoms with Gasteiger partial charge in [0.1, 0.15) is 17.6 Å². The highest BCUT2D eigenvalue weighted by atomic mass is 16.6. The third-order valence-electron chi connectivity index (χ3n) is 4.38. The first-order chi connectivity index (χ1) is 14.3. The van der Waals surface area contributed by atoms with E-state index in [4.69, 9.17) is 23.4 Å². The maximum absolute atomic E-state index is 13.0. The summed E-state index contributed by atoms with van der Waals surface area (Å²) in [4.78, 5) is 36.1. The number of esters is 2. The van der Waals surface area contributed by atoms with Crippen molar-refractivity contribution in [3.63, 3.8) is 0 Å². The van der Waals surface area contributed by atoms with Crippen LogP contribution in [0.25, 0.3) is 22.1 Å². The number of carbonyl (C=O) groups excluding carboxylic acids is 2. The van der Waals surface area contributed by atoms with Crippen LogP contribution < -0.4 is 19.6 Å². The van der Waals surface area contributed by atoms with Gasteiger partial charge in [-0.15, -0.1) is 0 Å². The van der Waals surface area contributed by atoms with Crippen molar-refractivity contribution in [1.82, 2.24) is 0 Å². The van der Waals surface area contributed by atoms with Crippen LogP contribution in [-0.4, -0.2) is 32.3 Å². The minimum Gasteiger partial charge on any atom is -0.493 e. The van der Waals surface area contributed by atoms with Gasteiger partial charge in [-0.1, -0.05) is 12.1 Å². The molecule has 8 heteroatoms. The minimum absolute atomic E-state index is 0.112. The Balaban J connectivity index is 2.01. The van der Waals surface area contributed by atoms with Gasteiger partial charge in [-0.05, 0) is 30.7 Å². The Morgan fingerprint density at radius 2 is 1.70 bits per heavy atom. The lowest BCUT2D eigenvalue weighted by Gasteiger charge is -2.13. The molecule has 2 aromatic carbocycles. The molecule has 0 N–H and O–H groups in total. The van der Waals surface area contributed by atoms with Crippen molar-refractivity contribution in [2.45, 2.75) is 20.0 Å². The smallest absolute Gasteiger partial charge is 0.340 e. The second-order valence-corrected chi connectivity index (χ2v) is 6.39. The Morgan fingerprint density at radius 3 is 2.30 bits per heavy atom. The summed E-state index contributed by atoms with van der Waals surface area (Å²) in [5.74, 6) is -0.359. The normalized spacial score (nSPS) is 11.7. The molecular weight excluding hydrogens is 392 g/mol. The summed E-state index contributed by atoms with van der Waals surface area (Å²) in [6, 6.07) is 9.34. The van der Waals surface area contributed by atoms with Gasteiger partial charge in [0.15, 0.2) is 17.6 Å². The van der Waals surface area contributed by atoms with E-state index < -0.39 is 18.0 Å². The van der Waals surface area contributed by atoms with E-state index in [1.807, 2.05) is 0 Å². The number of carbonyl (C=O) groups is 2. The molecule has 0 amide bonds. The summed E-state index contributed by atoms with van der Waals surface area (Å²) in [5, 5.41) is 0.257. The highest BCUT2D eigenvalue weighted by molar-refractivity contribution is 5.86. The van der Waals surface area contributed by atoms with Crippen LogP contribution in [0.2, 0.25) is 0 Å². The van der Waals surface area contributed by atoms with E-state index in [1.54, 1.807) is 31.2 Å². The maximum atomic E-state index is 13.0. The number of methoxy groups -OCH3 is 2. The topological polar surface area (TPSA) is 101 Å². The van der Waals surface area contributed by atoms with E-state index in [2.05, 4.69) is 0 Å². The Hall–Kier alpha value is -3.65. The van der Waals surface area contributed by atoms with E-state index in [0.29, 0.717) is 16.9 Å². The zero-order valence-electron chi connectivity index (χ0n) is 16.9. The number of ether oxygens (including phenoxy) is 4. The van der Waals surface area contributed by atoms with Gasteiger partial charge in [0.25, 0.3) is 0 Å². The van der Waals surface area contributed by atoms with Crippen LogP contribution >= 0.6 is 0 Å². The van der Waals surface area contributed by atoms with Gasteiger partial charge in [0, 0.05) is 20.1 Å². The van der Waals surface area contributed by atoms with Crippen LogP contribution in [0.1, 0.15) is 13.8 Å². The van der Waals surface area contributed by atoms with Gasteiger partial charge in [0.2, 0.25) is 5.43 Å². The number of hydrogen-bond acceptors (Lipinski definition) is 8. The second-order valence-electron chi connectivity index (χ2n) is 6.39. The SMILES string of the molecule is COc1cc2c(=O)c(-c3ccc(OC(C)=O)cc3)coc2cc1OC(=O)[C@@H](C)OC. The molecule has 0 radical (unpaired) electrons. The quantitative estimate of drug-likeness (QED) is 0.449. The Labute approximate surface area is 171 Å². The Bertz CT molecular complexity index is 1140. The van der Waals surface area contributed by atoms with Crippen molar-refractivity contribution >= 4 is 22.9 Å². The van der Waals surface area contributed by atoms with Crippen molar-refractivity contribution in [3.8, 4) is 28.4 Å². The zero-order valence-corrected chi connectivity index (χ0v) is 16.9. The molecule has 1 atom stereocenters. The number of rotatable bonds is 6. The van der Waals surface area contributed by atoms with Crippen molar-refractivity contribution in [3.05, 3.63) is 52.9 Å². The van der Waals surface area contributed by atoms with E-state index >= 15 is 0 Å². The summed E-state index contributed by atoms with van der Waals surface area (Å²) in [5.41, 5.74) is 0.841.